The highest BCUT2D eigenvalue weighted by atomic mass is 16.5. The molecule has 0 amide bonds. The summed E-state index contributed by atoms with van der Waals surface area (Å²) < 4.78 is 5.48. The Hall–Kier alpha value is -1.64. The van der Waals surface area contributed by atoms with Gasteiger partial charge in [-0.25, -0.2) is 0 Å². The first kappa shape index (κ1) is 12.4. The van der Waals surface area contributed by atoms with E-state index in [0.717, 1.165) is 31.8 Å². The van der Waals surface area contributed by atoms with Crippen molar-refractivity contribution in [3.05, 3.63) is 29.3 Å². The normalized spacial score (nSPS) is 9.81. The number of carbonyl (C=O) groups excluding carboxylic acids is 2. The Morgan fingerprint density at radius 2 is 2.00 bits per heavy atom. The number of carbonyl (C=O) groups is 2. The topological polar surface area (TPSA) is 43.4 Å². The molecule has 86 valence electrons. The third-order valence-corrected chi connectivity index (χ3v) is 2.31. The molecule has 0 bridgehead atoms. The van der Waals surface area contributed by atoms with Crippen LogP contribution in [-0.2, 0) is 0 Å². The molecule has 0 fully saturated rings. The number of hydrogen-bond donors (Lipinski definition) is 0. The highest BCUT2D eigenvalue weighted by Crippen LogP contribution is 2.18. The molecular weight excluding hydrogens is 204 g/mol. The summed E-state index contributed by atoms with van der Waals surface area (Å²) in [6, 6.07) is 4.81. The Labute approximate surface area is 95.4 Å². The Morgan fingerprint density at radius 1 is 1.19 bits per heavy atom. The van der Waals surface area contributed by atoms with Gasteiger partial charge in [0.25, 0.3) is 0 Å². The Balaban J connectivity index is 2.67. The van der Waals surface area contributed by atoms with E-state index >= 15 is 0 Å². The second kappa shape index (κ2) is 6.77. The first-order chi connectivity index (χ1) is 7.81. The zero-order valence-corrected chi connectivity index (χ0v) is 9.44. The van der Waals surface area contributed by atoms with Gasteiger partial charge in [-0.05, 0) is 18.6 Å². The molecule has 3 heteroatoms. The molecule has 0 spiro atoms. The molecule has 0 aliphatic carbocycles. The van der Waals surface area contributed by atoms with E-state index in [1.165, 1.54) is 0 Å². The summed E-state index contributed by atoms with van der Waals surface area (Å²) >= 11 is 0. The summed E-state index contributed by atoms with van der Waals surface area (Å²) in [5.74, 6) is 0.496. The molecule has 0 heterocycles. The Morgan fingerprint density at radius 3 is 2.62 bits per heavy atom. The van der Waals surface area contributed by atoms with Gasteiger partial charge in [-0.15, -0.1) is 0 Å². The lowest BCUT2D eigenvalue weighted by atomic mass is 10.1. The van der Waals surface area contributed by atoms with Gasteiger partial charge in [0, 0.05) is 5.56 Å². The molecule has 0 aliphatic heterocycles. The summed E-state index contributed by atoms with van der Waals surface area (Å²) in [5.41, 5.74) is 1.01. The standard InChI is InChI=1S/C13H16O3/c1-2-3-4-7-16-13-8-11(9-14)5-6-12(13)10-15/h5-6,8-10H,2-4,7H2,1H3. The molecular formula is C13H16O3. The largest absolute Gasteiger partial charge is 0.493 e. The molecule has 3 nitrogen and oxygen atoms in total. The maximum atomic E-state index is 10.7. The van der Waals surface area contributed by atoms with Crippen LogP contribution in [0.4, 0.5) is 0 Å². The van der Waals surface area contributed by atoms with E-state index in [1.807, 2.05) is 0 Å². The second-order valence-electron chi connectivity index (χ2n) is 3.59. The summed E-state index contributed by atoms with van der Waals surface area (Å²) in [5, 5.41) is 0. The lowest BCUT2D eigenvalue weighted by Gasteiger charge is -2.08. The van der Waals surface area contributed by atoms with E-state index in [1.54, 1.807) is 18.2 Å². The minimum Gasteiger partial charge on any atom is -0.493 e. The zero-order chi connectivity index (χ0) is 11.8. The predicted octanol–water partition coefficient (Wildman–Crippen LogP) is 2.88. The van der Waals surface area contributed by atoms with Gasteiger partial charge in [0.05, 0.1) is 12.2 Å². The fourth-order valence-corrected chi connectivity index (χ4v) is 1.38. The minimum atomic E-state index is 0.488. The van der Waals surface area contributed by atoms with Crippen molar-refractivity contribution in [2.45, 2.75) is 26.2 Å². The molecule has 1 rings (SSSR count). The quantitative estimate of drug-likeness (QED) is 0.524. The van der Waals surface area contributed by atoms with Crippen LogP contribution in [0.25, 0.3) is 0 Å². The van der Waals surface area contributed by atoms with Crippen molar-refractivity contribution >= 4 is 12.6 Å². The molecule has 0 aliphatic rings. The average Bonchev–Trinajstić information content (AvgIpc) is 2.34. The SMILES string of the molecule is CCCCCOc1cc(C=O)ccc1C=O. The predicted molar refractivity (Wildman–Crippen MR) is 62.2 cm³/mol. The first-order valence-electron chi connectivity index (χ1n) is 5.49. The van der Waals surface area contributed by atoms with Gasteiger partial charge in [0.2, 0.25) is 0 Å². The maximum absolute atomic E-state index is 10.7. The Kier molecular flexibility index (Phi) is 5.26. The van der Waals surface area contributed by atoms with Crippen LogP contribution in [0.15, 0.2) is 18.2 Å². The van der Waals surface area contributed by atoms with E-state index in [0.29, 0.717) is 23.5 Å². The second-order valence-corrected chi connectivity index (χ2v) is 3.59. The van der Waals surface area contributed by atoms with Gasteiger partial charge >= 0.3 is 0 Å². The van der Waals surface area contributed by atoms with Crippen LogP contribution in [0.2, 0.25) is 0 Å². The molecule has 0 unspecified atom stereocenters. The van der Waals surface area contributed by atoms with Crippen LogP contribution in [0.5, 0.6) is 5.75 Å². The van der Waals surface area contributed by atoms with Gasteiger partial charge < -0.3 is 4.74 Å². The third-order valence-electron chi connectivity index (χ3n) is 2.31. The van der Waals surface area contributed by atoms with Crippen molar-refractivity contribution in [1.29, 1.82) is 0 Å². The number of benzene rings is 1. The van der Waals surface area contributed by atoms with Crippen LogP contribution >= 0.6 is 0 Å². The number of rotatable bonds is 7. The fourth-order valence-electron chi connectivity index (χ4n) is 1.38. The van der Waals surface area contributed by atoms with E-state index in [9.17, 15) is 9.59 Å². The highest BCUT2D eigenvalue weighted by molar-refractivity contribution is 5.83. The summed E-state index contributed by atoms with van der Waals surface area (Å²) in [4.78, 5) is 21.3. The smallest absolute Gasteiger partial charge is 0.153 e. The van der Waals surface area contributed by atoms with Gasteiger partial charge in [-0.3, -0.25) is 9.59 Å². The average molecular weight is 220 g/mol. The fraction of sp³-hybridized carbons (Fsp3) is 0.385. The molecule has 1 aromatic carbocycles. The third kappa shape index (κ3) is 3.50. The van der Waals surface area contributed by atoms with E-state index in [4.69, 9.17) is 4.74 Å². The number of hydrogen-bond acceptors (Lipinski definition) is 3. The number of ether oxygens (including phenoxy) is 1. The molecule has 0 N–H and O–H groups in total. The monoisotopic (exact) mass is 220 g/mol. The molecule has 1 aromatic rings. The van der Waals surface area contributed by atoms with Crippen molar-refractivity contribution in [2.24, 2.45) is 0 Å². The molecule has 16 heavy (non-hydrogen) atoms. The lowest BCUT2D eigenvalue weighted by Crippen LogP contribution is -2.00. The molecule has 0 radical (unpaired) electrons. The van der Waals surface area contributed by atoms with Crippen LogP contribution in [0.3, 0.4) is 0 Å². The van der Waals surface area contributed by atoms with Crippen molar-refractivity contribution in [2.75, 3.05) is 6.61 Å². The van der Waals surface area contributed by atoms with Gasteiger partial charge in [-0.2, -0.15) is 0 Å². The van der Waals surface area contributed by atoms with Gasteiger partial charge in [0.15, 0.2) is 6.29 Å². The van der Waals surface area contributed by atoms with Crippen molar-refractivity contribution < 1.29 is 14.3 Å². The maximum Gasteiger partial charge on any atom is 0.153 e. The van der Waals surface area contributed by atoms with E-state index in [2.05, 4.69) is 6.92 Å². The van der Waals surface area contributed by atoms with Crippen LogP contribution < -0.4 is 4.74 Å². The summed E-state index contributed by atoms with van der Waals surface area (Å²) in [6.45, 7) is 2.70. The number of unbranched alkanes of at least 4 members (excludes halogenated alkanes) is 2. The van der Waals surface area contributed by atoms with E-state index < -0.39 is 0 Å². The van der Waals surface area contributed by atoms with Crippen LogP contribution in [-0.4, -0.2) is 19.2 Å². The Bertz CT molecular complexity index is 358. The molecule has 0 atom stereocenters. The highest BCUT2D eigenvalue weighted by Gasteiger charge is 2.04. The minimum absolute atomic E-state index is 0.488. The van der Waals surface area contributed by atoms with Crippen LogP contribution in [0, 0.1) is 0 Å². The number of aldehydes is 2. The van der Waals surface area contributed by atoms with E-state index in [-0.39, 0.29) is 0 Å². The molecule has 0 aromatic heterocycles. The van der Waals surface area contributed by atoms with Crippen molar-refractivity contribution in [3.8, 4) is 5.75 Å². The zero-order valence-electron chi connectivity index (χ0n) is 9.44. The van der Waals surface area contributed by atoms with Gasteiger partial charge in [-0.1, -0.05) is 25.8 Å². The lowest BCUT2D eigenvalue weighted by molar-refractivity contribution is 0.110. The summed E-state index contributed by atoms with van der Waals surface area (Å²) in [7, 11) is 0. The summed E-state index contributed by atoms with van der Waals surface area (Å²) in [6.07, 6.45) is 4.67. The van der Waals surface area contributed by atoms with Gasteiger partial charge in [0.1, 0.15) is 12.0 Å². The van der Waals surface area contributed by atoms with Crippen molar-refractivity contribution in [3.63, 3.8) is 0 Å². The first-order valence-corrected chi connectivity index (χ1v) is 5.49. The van der Waals surface area contributed by atoms with Crippen molar-refractivity contribution in [1.82, 2.24) is 0 Å². The molecule has 0 saturated carbocycles. The molecule has 0 saturated heterocycles. The van der Waals surface area contributed by atoms with Crippen LogP contribution in [0.1, 0.15) is 46.9 Å².